The van der Waals surface area contributed by atoms with Crippen LogP contribution in [0.25, 0.3) is 0 Å². The molecule has 0 unspecified atom stereocenters. The smallest absolute Gasteiger partial charge is 0.274 e. The highest BCUT2D eigenvalue weighted by molar-refractivity contribution is 6.02. The summed E-state index contributed by atoms with van der Waals surface area (Å²) >= 11 is 0. The summed E-state index contributed by atoms with van der Waals surface area (Å²) in [4.78, 5) is 22.8. The Morgan fingerprint density at radius 2 is 1.81 bits per heavy atom. The van der Waals surface area contributed by atoms with Crippen LogP contribution in [0.2, 0.25) is 0 Å². The number of hydrogen-bond acceptors (Lipinski definition) is 4. The summed E-state index contributed by atoms with van der Waals surface area (Å²) in [6, 6.07) is 9.28. The molecule has 5 nitrogen and oxygen atoms in total. The Hall–Kier alpha value is -2.43. The minimum atomic E-state index is -0.227. The van der Waals surface area contributed by atoms with Crippen LogP contribution < -0.4 is 10.2 Å². The van der Waals surface area contributed by atoms with Crippen molar-refractivity contribution in [2.24, 2.45) is 0 Å². The van der Waals surface area contributed by atoms with Crippen LogP contribution in [0.15, 0.2) is 36.5 Å². The molecular weight excluding hydrogens is 264 g/mol. The van der Waals surface area contributed by atoms with Gasteiger partial charge in [-0.3, -0.25) is 4.79 Å². The van der Waals surface area contributed by atoms with Crippen LogP contribution in [0.1, 0.15) is 29.9 Å². The maximum absolute atomic E-state index is 12.2. The van der Waals surface area contributed by atoms with Crippen molar-refractivity contribution in [2.75, 3.05) is 23.3 Å². The summed E-state index contributed by atoms with van der Waals surface area (Å²) < 4.78 is 0. The molecule has 1 heterocycles. The van der Waals surface area contributed by atoms with E-state index in [1.807, 2.05) is 49.9 Å². The van der Waals surface area contributed by atoms with Gasteiger partial charge in [-0.2, -0.15) is 0 Å². The number of aromatic nitrogens is 2. The molecule has 21 heavy (non-hydrogen) atoms. The Kier molecular flexibility index (Phi) is 4.87. The molecule has 2 aromatic rings. The number of carbonyl (C=O) groups is 1. The van der Waals surface area contributed by atoms with Crippen molar-refractivity contribution >= 4 is 17.5 Å². The predicted molar refractivity (Wildman–Crippen MR) is 84.7 cm³/mol. The van der Waals surface area contributed by atoms with E-state index in [0.717, 1.165) is 24.3 Å². The number of aryl methyl sites for hydroxylation is 1. The molecule has 0 aliphatic carbocycles. The van der Waals surface area contributed by atoms with Crippen molar-refractivity contribution in [1.82, 2.24) is 9.97 Å². The van der Waals surface area contributed by atoms with Gasteiger partial charge in [-0.25, -0.2) is 9.97 Å². The Morgan fingerprint density at radius 3 is 2.43 bits per heavy atom. The lowest BCUT2D eigenvalue weighted by Gasteiger charge is -2.18. The van der Waals surface area contributed by atoms with Gasteiger partial charge in [-0.15, -0.1) is 0 Å². The number of hydrogen-bond donors (Lipinski definition) is 1. The van der Waals surface area contributed by atoms with Crippen LogP contribution in [-0.2, 0) is 0 Å². The molecule has 0 aliphatic rings. The van der Waals surface area contributed by atoms with E-state index in [2.05, 4.69) is 15.3 Å². The van der Waals surface area contributed by atoms with Gasteiger partial charge in [-0.05, 0) is 39.0 Å². The predicted octanol–water partition coefficient (Wildman–Crippen LogP) is 2.88. The first-order valence-electron chi connectivity index (χ1n) is 7.10. The maximum atomic E-state index is 12.2. The van der Waals surface area contributed by atoms with E-state index in [0.29, 0.717) is 11.6 Å². The summed E-state index contributed by atoms with van der Waals surface area (Å²) in [7, 11) is 0. The first kappa shape index (κ1) is 15.0. The number of nitrogens with one attached hydrogen (secondary N) is 1. The zero-order valence-corrected chi connectivity index (χ0v) is 12.6. The molecule has 0 fully saturated rings. The van der Waals surface area contributed by atoms with Crippen LogP contribution in [0.3, 0.4) is 0 Å². The molecule has 0 bridgehead atoms. The summed E-state index contributed by atoms with van der Waals surface area (Å²) in [5, 5.41) is 2.84. The van der Waals surface area contributed by atoms with Crippen molar-refractivity contribution < 1.29 is 4.79 Å². The molecule has 0 saturated heterocycles. The van der Waals surface area contributed by atoms with Crippen LogP contribution in [0.4, 0.5) is 11.6 Å². The van der Waals surface area contributed by atoms with Crippen LogP contribution >= 0.6 is 0 Å². The number of carbonyl (C=O) groups excluding carboxylic acids is 1. The minimum Gasteiger partial charge on any atom is -0.341 e. The van der Waals surface area contributed by atoms with Crippen molar-refractivity contribution in [3.8, 4) is 0 Å². The molecule has 5 heteroatoms. The van der Waals surface area contributed by atoms with Crippen LogP contribution in [0.5, 0.6) is 0 Å². The quantitative estimate of drug-likeness (QED) is 0.917. The van der Waals surface area contributed by atoms with Gasteiger partial charge in [0.2, 0.25) is 5.95 Å². The fourth-order valence-corrected chi connectivity index (χ4v) is 1.97. The molecule has 1 aromatic heterocycles. The van der Waals surface area contributed by atoms with E-state index in [-0.39, 0.29) is 5.91 Å². The van der Waals surface area contributed by atoms with Gasteiger partial charge in [0, 0.05) is 25.0 Å². The fraction of sp³-hybridized carbons (Fsp3) is 0.312. The molecule has 0 saturated carbocycles. The first-order valence-corrected chi connectivity index (χ1v) is 7.10. The van der Waals surface area contributed by atoms with Crippen molar-refractivity contribution in [2.45, 2.75) is 20.8 Å². The highest BCUT2D eigenvalue weighted by Crippen LogP contribution is 2.12. The van der Waals surface area contributed by atoms with Crippen LogP contribution in [0, 0.1) is 6.92 Å². The second-order valence-corrected chi connectivity index (χ2v) is 4.73. The van der Waals surface area contributed by atoms with Crippen molar-refractivity contribution in [1.29, 1.82) is 0 Å². The van der Waals surface area contributed by atoms with Crippen molar-refractivity contribution in [3.63, 3.8) is 0 Å². The fourth-order valence-electron chi connectivity index (χ4n) is 1.97. The summed E-state index contributed by atoms with van der Waals surface area (Å²) in [6.07, 6.45) is 1.62. The topological polar surface area (TPSA) is 58.1 Å². The second kappa shape index (κ2) is 6.83. The van der Waals surface area contributed by atoms with Gasteiger partial charge in [0.15, 0.2) is 0 Å². The van der Waals surface area contributed by atoms with E-state index in [1.54, 1.807) is 12.3 Å². The van der Waals surface area contributed by atoms with E-state index in [4.69, 9.17) is 0 Å². The molecule has 0 radical (unpaired) electrons. The minimum absolute atomic E-state index is 0.227. The SMILES string of the molecule is CCN(CC)c1nccc(C(=O)Nc2ccc(C)cc2)n1. The number of benzene rings is 1. The largest absolute Gasteiger partial charge is 0.341 e. The Balaban J connectivity index is 2.15. The van der Waals surface area contributed by atoms with E-state index >= 15 is 0 Å². The summed E-state index contributed by atoms with van der Waals surface area (Å²) in [5.41, 5.74) is 2.28. The Labute approximate surface area is 125 Å². The standard InChI is InChI=1S/C16H20N4O/c1-4-20(5-2)16-17-11-10-14(19-16)15(21)18-13-8-6-12(3)7-9-13/h6-11H,4-5H2,1-3H3,(H,18,21). The molecule has 1 N–H and O–H groups in total. The number of amides is 1. The van der Waals surface area contributed by atoms with Gasteiger partial charge in [-0.1, -0.05) is 17.7 Å². The molecule has 1 amide bonds. The monoisotopic (exact) mass is 284 g/mol. The third-order valence-corrected chi connectivity index (χ3v) is 3.23. The molecule has 1 aromatic carbocycles. The molecule has 110 valence electrons. The van der Waals surface area contributed by atoms with Crippen LogP contribution in [-0.4, -0.2) is 29.0 Å². The normalized spacial score (nSPS) is 10.2. The Morgan fingerprint density at radius 1 is 1.14 bits per heavy atom. The average molecular weight is 284 g/mol. The van der Waals surface area contributed by atoms with Gasteiger partial charge >= 0.3 is 0 Å². The zero-order valence-electron chi connectivity index (χ0n) is 12.6. The summed E-state index contributed by atoms with van der Waals surface area (Å²) in [6.45, 7) is 7.68. The lowest BCUT2D eigenvalue weighted by molar-refractivity contribution is 0.102. The molecular formula is C16H20N4O. The van der Waals surface area contributed by atoms with Gasteiger partial charge in [0.25, 0.3) is 5.91 Å². The number of anilines is 2. The van der Waals surface area contributed by atoms with Gasteiger partial charge in [0.05, 0.1) is 0 Å². The van der Waals surface area contributed by atoms with Gasteiger partial charge in [0.1, 0.15) is 5.69 Å². The van der Waals surface area contributed by atoms with E-state index in [9.17, 15) is 4.79 Å². The van der Waals surface area contributed by atoms with E-state index in [1.165, 1.54) is 0 Å². The number of rotatable bonds is 5. The highest BCUT2D eigenvalue weighted by Gasteiger charge is 2.11. The van der Waals surface area contributed by atoms with Gasteiger partial charge < -0.3 is 10.2 Å². The molecule has 0 aliphatic heterocycles. The molecule has 2 rings (SSSR count). The Bertz CT molecular complexity index is 606. The number of nitrogens with zero attached hydrogens (tertiary/aromatic N) is 3. The lowest BCUT2D eigenvalue weighted by atomic mass is 10.2. The van der Waals surface area contributed by atoms with E-state index < -0.39 is 0 Å². The first-order chi connectivity index (χ1) is 10.1. The second-order valence-electron chi connectivity index (χ2n) is 4.73. The third kappa shape index (κ3) is 3.78. The van der Waals surface area contributed by atoms with Crippen molar-refractivity contribution in [3.05, 3.63) is 47.8 Å². The lowest BCUT2D eigenvalue weighted by Crippen LogP contribution is -2.25. The molecule has 0 spiro atoms. The average Bonchev–Trinajstić information content (AvgIpc) is 2.51. The maximum Gasteiger partial charge on any atom is 0.274 e. The third-order valence-electron chi connectivity index (χ3n) is 3.23. The highest BCUT2D eigenvalue weighted by atomic mass is 16.1. The summed E-state index contributed by atoms with van der Waals surface area (Å²) in [5.74, 6) is 0.353. The molecule has 0 atom stereocenters. The zero-order chi connectivity index (χ0) is 15.2.